The maximum Gasteiger partial charge on any atom is 0.343 e. The van der Waals surface area contributed by atoms with Crippen LogP contribution in [0.25, 0.3) is 11.0 Å². The minimum absolute atomic E-state index is 0.0239. The van der Waals surface area contributed by atoms with E-state index in [0.717, 1.165) is 5.56 Å². The number of fused-ring (bicyclic) bond motifs is 1. The summed E-state index contributed by atoms with van der Waals surface area (Å²) in [5.74, 6) is -0.616. The summed E-state index contributed by atoms with van der Waals surface area (Å²) >= 11 is 0. The molecule has 1 heterocycles. The predicted octanol–water partition coefficient (Wildman–Crippen LogP) is 4.00. The Bertz CT molecular complexity index is 925. The lowest BCUT2D eigenvalue weighted by Gasteiger charge is -2.17. The molecule has 4 nitrogen and oxygen atoms in total. The lowest BCUT2D eigenvalue weighted by Crippen LogP contribution is -2.17. The molecular formula is C20H18O4. The summed E-state index contributed by atoms with van der Waals surface area (Å²) < 4.78 is 5.36. The second-order valence-electron chi connectivity index (χ2n) is 5.71. The van der Waals surface area contributed by atoms with Gasteiger partial charge in [-0.3, -0.25) is 4.79 Å². The molecule has 0 saturated heterocycles. The topological polar surface area (TPSA) is 67.5 Å². The average Bonchev–Trinajstić information content (AvgIpc) is 2.61. The first kappa shape index (κ1) is 16.0. The van der Waals surface area contributed by atoms with Crippen LogP contribution in [0.2, 0.25) is 0 Å². The molecule has 3 rings (SSSR count). The fourth-order valence-corrected chi connectivity index (χ4v) is 2.90. The molecule has 3 aromatic rings. The van der Waals surface area contributed by atoms with E-state index in [9.17, 15) is 14.7 Å². The van der Waals surface area contributed by atoms with Gasteiger partial charge in [-0.05, 0) is 17.7 Å². The van der Waals surface area contributed by atoms with Gasteiger partial charge in [0.25, 0.3) is 0 Å². The van der Waals surface area contributed by atoms with Crippen molar-refractivity contribution in [2.24, 2.45) is 0 Å². The molecule has 0 amide bonds. The third-order valence-electron chi connectivity index (χ3n) is 4.20. The summed E-state index contributed by atoms with van der Waals surface area (Å²) in [6, 6.07) is 16.1. The minimum atomic E-state index is -0.607. The summed E-state index contributed by atoms with van der Waals surface area (Å²) in [6.45, 7) is 1.78. The van der Waals surface area contributed by atoms with Crippen LogP contribution < -0.4 is 5.63 Å². The van der Waals surface area contributed by atoms with Gasteiger partial charge in [0, 0.05) is 18.8 Å². The van der Waals surface area contributed by atoms with Crippen LogP contribution in [-0.2, 0) is 4.79 Å². The van der Waals surface area contributed by atoms with E-state index in [-0.39, 0.29) is 23.5 Å². The highest BCUT2D eigenvalue weighted by atomic mass is 16.4. The molecule has 0 bridgehead atoms. The van der Waals surface area contributed by atoms with Crippen LogP contribution in [0.15, 0.2) is 63.8 Å². The monoisotopic (exact) mass is 322 g/mol. The van der Waals surface area contributed by atoms with E-state index in [1.54, 1.807) is 31.2 Å². The maximum absolute atomic E-state index is 12.5. The highest BCUT2D eigenvalue weighted by Crippen LogP contribution is 2.36. The van der Waals surface area contributed by atoms with Crippen LogP contribution in [0.1, 0.15) is 36.8 Å². The highest BCUT2D eigenvalue weighted by molar-refractivity contribution is 5.85. The number of hydrogen-bond donors (Lipinski definition) is 1. The summed E-state index contributed by atoms with van der Waals surface area (Å²) in [6.07, 6.45) is 0.528. The standard InChI is InChI=1S/C20H18O4/c1-2-14(21)12-16(13-8-4-3-5-9-13)18-19(22)15-10-6-7-11-17(15)24-20(18)23/h3-11,16,22H,2,12H2,1H3/t16-/m1/s1. The van der Waals surface area contributed by atoms with Crippen molar-refractivity contribution in [1.29, 1.82) is 0 Å². The molecular weight excluding hydrogens is 304 g/mol. The molecule has 0 aliphatic heterocycles. The van der Waals surface area contributed by atoms with Gasteiger partial charge in [0.1, 0.15) is 17.1 Å². The van der Waals surface area contributed by atoms with Gasteiger partial charge >= 0.3 is 5.63 Å². The van der Waals surface area contributed by atoms with Crippen LogP contribution in [0.5, 0.6) is 5.75 Å². The first-order valence-electron chi connectivity index (χ1n) is 7.93. The molecule has 1 N–H and O–H groups in total. The van der Waals surface area contributed by atoms with Crippen molar-refractivity contribution < 1.29 is 14.3 Å². The molecule has 4 heteroatoms. The Balaban J connectivity index is 2.23. The molecule has 24 heavy (non-hydrogen) atoms. The van der Waals surface area contributed by atoms with Crippen molar-refractivity contribution in [1.82, 2.24) is 0 Å². The Kier molecular flexibility index (Phi) is 4.47. The fourth-order valence-electron chi connectivity index (χ4n) is 2.90. The van der Waals surface area contributed by atoms with Gasteiger partial charge in [-0.1, -0.05) is 49.4 Å². The quantitative estimate of drug-likeness (QED) is 0.721. The van der Waals surface area contributed by atoms with Crippen molar-refractivity contribution in [2.45, 2.75) is 25.7 Å². The van der Waals surface area contributed by atoms with Crippen LogP contribution in [0.4, 0.5) is 0 Å². The van der Waals surface area contributed by atoms with E-state index in [0.29, 0.717) is 17.4 Å². The maximum atomic E-state index is 12.5. The lowest BCUT2D eigenvalue weighted by molar-refractivity contribution is -0.118. The van der Waals surface area contributed by atoms with Gasteiger partial charge in [-0.2, -0.15) is 0 Å². The predicted molar refractivity (Wildman–Crippen MR) is 92.3 cm³/mol. The smallest absolute Gasteiger partial charge is 0.343 e. The molecule has 0 fully saturated rings. The summed E-state index contributed by atoms with van der Waals surface area (Å²) in [5, 5.41) is 11.1. The van der Waals surface area contributed by atoms with Crippen LogP contribution in [0.3, 0.4) is 0 Å². The van der Waals surface area contributed by atoms with E-state index in [1.807, 2.05) is 30.3 Å². The zero-order chi connectivity index (χ0) is 17.1. The van der Waals surface area contributed by atoms with Gasteiger partial charge in [0.2, 0.25) is 0 Å². The van der Waals surface area contributed by atoms with E-state index in [2.05, 4.69) is 0 Å². The Morgan fingerprint density at radius 1 is 1.08 bits per heavy atom. The van der Waals surface area contributed by atoms with Crippen LogP contribution in [0, 0.1) is 0 Å². The van der Waals surface area contributed by atoms with Gasteiger partial charge in [0.15, 0.2) is 0 Å². The number of ketones is 1. The molecule has 122 valence electrons. The molecule has 0 radical (unpaired) electrons. The molecule has 0 aliphatic carbocycles. The van der Waals surface area contributed by atoms with Crippen molar-refractivity contribution in [2.75, 3.05) is 0 Å². The van der Waals surface area contributed by atoms with E-state index >= 15 is 0 Å². The van der Waals surface area contributed by atoms with E-state index in [1.165, 1.54) is 0 Å². The van der Waals surface area contributed by atoms with Crippen molar-refractivity contribution in [3.8, 4) is 5.75 Å². The summed E-state index contributed by atoms with van der Waals surface area (Å²) in [7, 11) is 0. The number of para-hydroxylation sites is 1. The van der Waals surface area contributed by atoms with Crippen LogP contribution in [-0.4, -0.2) is 10.9 Å². The molecule has 1 aromatic heterocycles. The van der Waals surface area contributed by atoms with Gasteiger partial charge < -0.3 is 9.52 Å². The zero-order valence-electron chi connectivity index (χ0n) is 13.4. The second kappa shape index (κ2) is 6.71. The number of rotatable bonds is 5. The third kappa shape index (κ3) is 2.95. The zero-order valence-corrected chi connectivity index (χ0v) is 13.4. The summed E-state index contributed by atoms with van der Waals surface area (Å²) in [4.78, 5) is 24.5. The molecule has 0 spiro atoms. The first-order valence-corrected chi connectivity index (χ1v) is 7.93. The Hall–Kier alpha value is -2.88. The Morgan fingerprint density at radius 3 is 2.46 bits per heavy atom. The minimum Gasteiger partial charge on any atom is -0.507 e. The van der Waals surface area contributed by atoms with Crippen molar-refractivity contribution in [3.05, 3.63) is 76.1 Å². The normalized spacial score (nSPS) is 12.2. The largest absolute Gasteiger partial charge is 0.507 e. The fraction of sp³-hybridized carbons (Fsp3) is 0.200. The van der Waals surface area contributed by atoms with Gasteiger partial charge in [0.05, 0.1) is 10.9 Å². The van der Waals surface area contributed by atoms with E-state index in [4.69, 9.17) is 4.42 Å². The van der Waals surface area contributed by atoms with Crippen LogP contribution >= 0.6 is 0 Å². The first-order chi connectivity index (χ1) is 11.6. The molecule has 2 aromatic carbocycles. The molecule has 0 unspecified atom stereocenters. The number of carbonyl (C=O) groups excluding carboxylic acids is 1. The number of Topliss-reactive ketones (excluding diaryl/α,β-unsaturated/α-hetero) is 1. The van der Waals surface area contributed by atoms with Crippen molar-refractivity contribution >= 4 is 16.8 Å². The number of carbonyl (C=O) groups is 1. The third-order valence-corrected chi connectivity index (χ3v) is 4.20. The van der Waals surface area contributed by atoms with Crippen molar-refractivity contribution in [3.63, 3.8) is 0 Å². The van der Waals surface area contributed by atoms with Gasteiger partial charge in [-0.15, -0.1) is 0 Å². The van der Waals surface area contributed by atoms with Gasteiger partial charge in [-0.25, -0.2) is 4.79 Å². The second-order valence-corrected chi connectivity index (χ2v) is 5.71. The number of hydrogen-bond acceptors (Lipinski definition) is 4. The molecule has 0 aliphatic rings. The number of benzene rings is 2. The molecule has 1 atom stereocenters. The molecule has 0 saturated carbocycles. The Labute approximate surface area is 139 Å². The number of aromatic hydroxyl groups is 1. The summed E-state index contributed by atoms with van der Waals surface area (Å²) in [5.41, 5.74) is 0.667. The average molecular weight is 322 g/mol. The Morgan fingerprint density at radius 2 is 1.75 bits per heavy atom. The van der Waals surface area contributed by atoms with E-state index < -0.39 is 11.5 Å². The lowest BCUT2D eigenvalue weighted by atomic mass is 9.86. The SMILES string of the molecule is CCC(=O)C[C@H](c1ccccc1)c1c(O)c2ccccc2oc1=O. The highest BCUT2D eigenvalue weighted by Gasteiger charge is 2.26.